The van der Waals surface area contributed by atoms with Crippen molar-refractivity contribution in [2.75, 3.05) is 37.9 Å². The van der Waals surface area contributed by atoms with E-state index in [4.69, 9.17) is 14.2 Å². The van der Waals surface area contributed by atoms with E-state index in [1.807, 2.05) is 12.1 Å². The van der Waals surface area contributed by atoms with Gasteiger partial charge in [-0.2, -0.15) is 0 Å². The molecule has 0 spiro atoms. The van der Waals surface area contributed by atoms with Crippen LogP contribution in [0.15, 0.2) is 36.4 Å². The zero-order valence-electron chi connectivity index (χ0n) is 17.5. The summed E-state index contributed by atoms with van der Waals surface area (Å²) in [5.74, 6) is 1.12. The number of rotatable bonds is 5. The first-order valence-electron chi connectivity index (χ1n) is 10.6. The number of carbonyl (C=O) groups is 3. The van der Waals surface area contributed by atoms with E-state index < -0.39 is 0 Å². The highest BCUT2D eigenvalue weighted by atomic mass is 16.7. The molecule has 0 atom stereocenters. The number of amides is 3. The SMILES string of the molecule is O=C(NCc1ccc2c(c1)OCO2)c1ccc2c(c1)N(CC(=O)N1CCCC1)C(=O)CO2. The van der Waals surface area contributed by atoms with Crippen LogP contribution in [0.2, 0.25) is 0 Å². The first kappa shape index (κ1) is 20.2. The highest BCUT2D eigenvalue weighted by Gasteiger charge is 2.30. The van der Waals surface area contributed by atoms with Gasteiger partial charge in [-0.15, -0.1) is 0 Å². The predicted octanol–water partition coefficient (Wildman–Crippen LogP) is 1.69. The Hall–Kier alpha value is -3.75. The van der Waals surface area contributed by atoms with E-state index in [2.05, 4.69) is 5.32 Å². The van der Waals surface area contributed by atoms with Crippen molar-refractivity contribution < 1.29 is 28.6 Å². The van der Waals surface area contributed by atoms with Crippen LogP contribution in [0.25, 0.3) is 0 Å². The summed E-state index contributed by atoms with van der Waals surface area (Å²) in [7, 11) is 0. The first-order chi connectivity index (χ1) is 15.6. The summed E-state index contributed by atoms with van der Waals surface area (Å²) in [5.41, 5.74) is 1.68. The first-order valence-corrected chi connectivity index (χ1v) is 10.6. The molecule has 0 saturated carbocycles. The van der Waals surface area contributed by atoms with Crippen LogP contribution in [0.1, 0.15) is 28.8 Å². The number of hydrogen-bond donors (Lipinski definition) is 1. The van der Waals surface area contributed by atoms with Crippen molar-refractivity contribution in [3.05, 3.63) is 47.5 Å². The summed E-state index contributed by atoms with van der Waals surface area (Å²) in [6.07, 6.45) is 1.96. The molecule has 0 aliphatic carbocycles. The quantitative estimate of drug-likeness (QED) is 0.765. The predicted molar refractivity (Wildman–Crippen MR) is 114 cm³/mol. The molecule has 1 saturated heterocycles. The smallest absolute Gasteiger partial charge is 0.265 e. The second-order valence-corrected chi connectivity index (χ2v) is 7.91. The summed E-state index contributed by atoms with van der Waals surface area (Å²) >= 11 is 0. The van der Waals surface area contributed by atoms with Gasteiger partial charge in [0.25, 0.3) is 11.8 Å². The van der Waals surface area contributed by atoms with Crippen LogP contribution in [0, 0.1) is 0 Å². The minimum Gasteiger partial charge on any atom is -0.482 e. The van der Waals surface area contributed by atoms with Crippen LogP contribution < -0.4 is 24.4 Å². The molecule has 0 bridgehead atoms. The van der Waals surface area contributed by atoms with E-state index >= 15 is 0 Å². The lowest BCUT2D eigenvalue weighted by atomic mass is 10.1. The van der Waals surface area contributed by atoms with Crippen molar-refractivity contribution >= 4 is 23.4 Å². The second kappa shape index (κ2) is 8.41. The van der Waals surface area contributed by atoms with Gasteiger partial charge in [0.15, 0.2) is 18.1 Å². The van der Waals surface area contributed by atoms with Crippen LogP contribution in [-0.4, -0.2) is 55.7 Å². The van der Waals surface area contributed by atoms with Gasteiger partial charge >= 0.3 is 0 Å². The molecule has 2 aromatic rings. The van der Waals surface area contributed by atoms with Crippen molar-refractivity contribution in [2.24, 2.45) is 0 Å². The van der Waals surface area contributed by atoms with Gasteiger partial charge in [0.2, 0.25) is 12.7 Å². The van der Waals surface area contributed by atoms with Crippen molar-refractivity contribution in [1.29, 1.82) is 0 Å². The largest absolute Gasteiger partial charge is 0.482 e. The molecule has 166 valence electrons. The Morgan fingerprint density at radius 2 is 1.72 bits per heavy atom. The highest BCUT2D eigenvalue weighted by molar-refractivity contribution is 6.04. The van der Waals surface area contributed by atoms with Gasteiger partial charge in [-0.3, -0.25) is 19.3 Å². The van der Waals surface area contributed by atoms with Gasteiger partial charge in [0.05, 0.1) is 5.69 Å². The van der Waals surface area contributed by atoms with E-state index in [9.17, 15) is 14.4 Å². The molecule has 2 aromatic carbocycles. The lowest BCUT2D eigenvalue weighted by molar-refractivity contribution is -0.131. The zero-order valence-corrected chi connectivity index (χ0v) is 17.5. The average molecular weight is 437 g/mol. The Morgan fingerprint density at radius 3 is 2.56 bits per heavy atom. The molecule has 1 fully saturated rings. The molecule has 3 aliphatic heterocycles. The van der Waals surface area contributed by atoms with Crippen molar-refractivity contribution in [3.8, 4) is 17.2 Å². The van der Waals surface area contributed by atoms with Gasteiger partial charge in [0.1, 0.15) is 12.3 Å². The minimum atomic E-state index is -0.303. The second-order valence-electron chi connectivity index (χ2n) is 7.91. The summed E-state index contributed by atoms with van der Waals surface area (Å²) in [5, 5.41) is 2.87. The van der Waals surface area contributed by atoms with E-state index in [1.54, 1.807) is 29.2 Å². The van der Waals surface area contributed by atoms with Gasteiger partial charge in [-0.05, 0) is 48.7 Å². The van der Waals surface area contributed by atoms with E-state index in [0.717, 1.165) is 18.4 Å². The molecule has 0 radical (unpaired) electrons. The van der Waals surface area contributed by atoms with Crippen LogP contribution in [-0.2, 0) is 16.1 Å². The molecule has 1 N–H and O–H groups in total. The van der Waals surface area contributed by atoms with Crippen molar-refractivity contribution in [2.45, 2.75) is 19.4 Å². The number of nitrogens with zero attached hydrogens (tertiary/aromatic N) is 2. The number of nitrogens with one attached hydrogen (secondary N) is 1. The average Bonchev–Trinajstić information content (AvgIpc) is 3.51. The summed E-state index contributed by atoms with van der Waals surface area (Å²) in [4.78, 5) is 41.1. The Morgan fingerprint density at radius 1 is 0.938 bits per heavy atom. The molecule has 0 unspecified atom stereocenters. The van der Waals surface area contributed by atoms with Crippen LogP contribution in [0.3, 0.4) is 0 Å². The molecular weight excluding hydrogens is 414 g/mol. The van der Waals surface area contributed by atoms with Gasteiger partial charge in [0, 0.05) is 25.2 Å². The van der Waals surface area contributed by atoms with Gasteiger partial charge in [-0.25, -0.2) is 0 Å². The summed E-state index contributed by atoms with van der Waals surface area (Å²) < 4.78 is 16.2. The number of likely N-dealkylation sites (tertiary alicyclic amines) is 1. The molecule has 3 aliphatic rings. The number of fused-ring (bicyclic) bond motifs is 2. The van der Waals surface area contributed by atoms with Crippen LogP contribution in [0.4, 0.5) is 5.69 Å². The van der Waals surface area contributed by atoms with Crippen LogP contribution >= 0.6 is 0 Å². The molecule has 3 heterocycles. The fraction of sp³-hybridized carbons (Fsp3) is 0.348. The number of hydrogen-bond acceptors (Lipinski definition) is 6. The van der Waals surface area contributed by atoms with Gasteiger partial charge in [-0.1, -0.05) is 6.07 Å². The van der Waals surface area contributed by atoms with Crippen molar-refractivity contribution in [1.82, 2.24) is 10.2 Å². The Bertz CT molecular complexity index is 1080. The summed E-state index contributed by atoms with van der Waals surface area (Å²) in [6.45, 7) is 1.74. The number of ether oxygens (including phenoxy) is 3. The fourth-order valence-corrected chi connectivity index (χ4v) is 4.05. The molecule has 3 amide bonds. The number of carbonyl (C=O) groups excluding carboxylic acids is 3. The third-order valence-corrected chi connectivity index (χ3v) is 5.81. The summed E-state index contributed by atoms with van der Waals surface area (Å²) in [6, 6.07) is 10.4. The molecule has 5 rings (SSSR count). The standard InChI is InChI=1S/C23H23N3O6/c27-21(25-7-1-2-8-25)12-26-17-10-16(4-6-18(17)30-13-22(26)28)23(29)24-11-15-3-5-19-20(9-15)32-14-31-19/h3-6,9-10H,1-2,7-8,11-14H2,(H,24,29). The monoisotopic (exact) mass is 437 g/mol. The minimum absolute atomic E-state index is 0.0581. The van der Waals surface area contributed by atoms with Crippen LogP contribution in [0.5, 0.6) is 17.2 Å². The highest BCUT2D eigenvalue weighted by Crippen LogP contribution is 2.34. The van der Waals surface area contributed by atoms with E-state index in [1.165, 1.54) is 4.90 Å². The maximum absolute atomic E-state index is 12.8. The normalized spacial score (nSPS) is 16.6. The molecular formula is C23H23N3O6. The maximum atomic E-state index is 12.8. The lowest BCUT2D eigenvalue weighted by Gasteiger charge is -2.30. The van der Waals surface area contributed by atoms with E-state index in [-0.39, 0.29) is 37.7 Å². The molecule has 32 heavy (non-hydrogen) atoms. The van der Waals surface area contributed by atoms with E-state index in [0.29, 0.717) is 48.1 Å². The Kier molecular flexibility index (Phi) is 5.30. The lowest BCUT2D eigenvalue weighted by Crippen LogP contribution is -2.46. The molecule has 9 heteroatoms. The van der Waals surface area contributed by atoms with Crippen molar-refractivity contribution in [3.63, 3.8) is 0 Å². The molecule has 9 nitrogen and oxygen atoms in total. The molecule has 0 aromatic heterocycles. The van der Waals surface area contributed by atoms with Gasteiger partial charge < -0.3 is 24.4 Å². The zero-order chi connectivity index (χ0) is 22.1. The number of benzene rings is 2. The third kappa shape index (κ3) is 3.93. The third-order valence-electron chi connectivity index (χ3n) is 5.81. The maximum Gasteiger partial charge on any atom is 0.265 e. The fourth-order valence-electron chi connectivity index (χ4n) is 4.05. The number of anilines is 1. The Balaban J connectivity index is 1.30. The topological polar surface area (TPSA) is 97.4 Å². The Labute approximate surface area is 184 Å².